The maximum Gasteiger partial charge on any atom is 0.119 e. The highest BCUT2D eigenvalue weighted by Crippen LogP contribution is 2.24. The summed E-state index contributed by atoms with van der Waals surface area (Å²) in [4.78, 5) is 0. The van der Waals surface area contributed by atoms with Crippen LogP contribution in [0.15, 0.2) is 40.9 Å². The number of hydrogen-bond donors (Lipinski definition) is 1. The average molecular weight is 295 g/mol. The number of aliphatic hydroxyl groups excluding tert-OH is 1. The molecular formula is C14H15BrO2. The summed E-state index contributed by atoms with van der Waals surface area (Å²) < 4.78 is 6.70. The van der Waals surface area contributed by atoms with Crippen molar-refractivity contribution >= 4 is 26.7 Å². The lowest BCUT2D eigenvalue weighted by molar-refractivity contribution is 0.174. The molecule has 0 spiro atoms. The number of aliphatic hydroxyl groups is 1. The van der Waals surface area contributed by atoms with Gasteiger partial charge in [-0.1, -0.05) is 35.0 Å². The number of hydrogen-bond acceptors (Lipinski definition) is 2. The Morgan fingerprint density at radius 1 is 1.18 bits per heavy atom. The Hall–Kier alpha value is -1.06. The molecule has 1 atom stereocenters. The van der Waals surface area contributed by atoms with Crippen molar-refractivity contribution in [3.63, 3.8) is 0 Å². The Morgan fingerprint density at radius 2 is 1.88 bits per heavy atom. The Balaban J connectivity index is 2.17. The van der Waals surface area contributed by atoms with Crippen LogP contribution in [0.5, 0.6) is 5.75 Å². The van der Waals surface area contributed by atoms with E-state index in [1.807, 2.05) is 31.2 Å². The largest absolute Gasteiger partial charge is 0.493 e. The highest BCUT2D eigenvalue weighted by atomic mass is 79.9. The smallest absolute Gasteiger partial charge is 0.119 e. The van der Waals surface area contributed by atoms with Crippen molar-refractivity contribution in [3.8, 4) is 5.75 Å². The van der Waals surface area contributed by atoms with Gasteiger partial charge in [0.15, 0.2) is 0 Å². The third-order valence-electron chi connectivity index (χ3n) is 2.62. The van der Waals surface area contributed by atoms with E-state index in [1.165, 1.54) is 5.39 Å². The number of halogens is 1. The quantitative estimate of drug-likeness (QED) is 0.933. The molecule has 0 saturated heterocycles. The first-order valence-electron chi connectivity index (χ1n) is 5.62. The predicted octanol–water partition coefficient (Wildman–Crippen LogP) is 3.61. The van der Waals surface area contributed by atoms with Crippen molar-refractivity contribution in [1.82, 2.24) is 0 Å². The zero-order valence-corrected chi connectivity index (χ0v) is 11.3. The molecule has 17 heavy (non-hydrogen) atoms. The Morgan fingerprint density at radius 3 is 2.65 bits per heavy atom. The molecule has 90 valence electrons. The lowest BCUT2D eigenvalue weighted by atomic mass is 10.1. The van der Waals surface area contributed by atoms with E-state index in [1.54, 1.807) is 0 Å². The van der Waals surface area contributed by atoms with Crippen molar-refractivity contribution in [3.05, 3.63) is 40.9 Å². The van der Waals surface area contributed by atoms with Crippen LogP contribution in [0.1, 0.15) is 6.92 Å². The fraction of sp³-hybridized carbons (Fsp3) is 0.286. The van der Waals surface area contributed by atoms with E-state index in [0.717, 1.165) is 15.6 Å². The van der Waals surface area contributed by atoms with Crippen LogP contribution in [-0.2, 0) is 0 Å². The van der Waals surface area contributed by atoms with E-state index >= 15 is 0 Å². The summed E-state index contributed by atoms with van der Waals surface area (Å²) >= 11 is 3.45. The van der Waals surface area contributed by atoms with E-state index in [2.05, 4.69) is 28.1 Å². The van der Waals surface area contributed by atoms with Gasteiger partial charge >= 0.3 is 0 Å². The lowest BCUT2D eigenvalue weighted by Gasteiger charge is -2.11. The van der Waals surface area contributed by atoms with Crippen LogP contribution in [0, 0.1) is 5.92 Å². The summed E-state index contributed by atoms with van der Waals surface area (Å²) in [5.74, 6) is 1.01. The van der Waals surface area contributed by atoms with Crippen LogP contribution in [0.3, 0.4) is 0 Å². The summed E-state index contributed by atoms with van der Waals surface area (Å²) in [5.41, 5.74) is 0. The number of ether oxygens (including phenoxy) is 1. The van der Waals surface area contributed by atoms with Crippen molar-refractivity contribution < 1.29 is 9.84 Å². The van der Waals surface area contributed by atoms with Crippen LogP contribution < -0.4 is 4.74 Å². The molecule has 2 rings (SSSR count). The molecule has 0 bridgehead atoms. The van der Waals surface area contributed by atoms with E-state index < -0.39 is 0 Å². The molecule has 0 radical (unpaired) electrons. The molecule has 2 aromatic carbocycles. The van der Waals surface area contributed by atoms with Gasteiger partial charge in [-0.15, -0.1) is 0 Å². The Kier molecular flexibility index (Phi) is 4.02. The van der Waals surface area contributed by atoms with Crippen LogP contribution in [-0.4, -0.2) is 18.3 Å². The molecule has 2 nitrogen and oxygen atoms in total. The van der Waals surface area contributed by atoms with E-state index in [0.29, 0.717) is 6.61 Å². The van der Waals surface area contributed by atoms with Gasteiger partial charge in [0.25, 0.3) is 0 Å². The first-order valence-corrected chi connectivity index (χ1v) is 6.41. The molecule has 3 heteroatoms. The van der Waals surface area contributed by atoms with Crippen molar-refractivity contribution in [2.45, 2.75) is 6.92 Å². The molecule has 1 unspecified atom stereocenters. The fourth-order valence-electron chi connectivity index (χ4n) is 1.58. The van der Waals surface area contributed by atoms with Gasteiger partial charge in [-0.2, -0.15) is 0 Å². The van der Waals surface area contributed by atoms with E-state index in [4.69, 9.17) is 9.84 Å². The van der Waals surface area contributed by atoms with Crippen molar-refractivity contribution in [1.29, 1.82) is 0 Å². The van der Waals surface area contributed by atoms with Crippen LogP contribution >= 0.6 is 15.9 Å². The Labute approximate surface area is 109 Å². The van der Waals surface area contributed by atoms with E-state index in [9.17, 15) is 0 Å². The molecule has 0 aliphatic heterocycles. The zero-order valence-electron chi connectivity index (χ0n) is 9.69. The summed E-state index contributed by atoms with van der Waals surface area (Å²) in [6.07, 6.45) is 0. The van der Waals surface area contributed by atoms with E-state index in [-0.39, 0.29) is 12.5 Å². The van der Waals surface area contributed by atoms with Gasteiger partial charge in [-0.3, -0.25) is 0 Å². The lowest BCUT2D eigenvalue weighted by Crippen LogP contribution is -2.11. The first-order chi connectivity index (χ1) is 8.19. The third-order valence-corrected chi connectivity index (χ3v) is 3.11. The van der Waals surface area contributed by atoms with Crippen molar-refractivity contribution in [2.24, 2.45) is 5.92 Å². The maximum absolute atomic E-state index is 8.93. The fourth-order valence-corrected chi connectivity index (χ4v) is 1.95. The molecule has 0 heterocycles. The number of rotatable bonds is 4. The SMILES string of the molecule is CC(CO)COc1ccc2cc(Br)ccc2c1. The molecule has 2 aromatic rings. The second-order valence-corrected chi connectivity index (χ2v) is 5.17. The summed E-state index contributed by atoms with van der Waals surface area (Å²) in [6, 6.07) is 12.2. The van der Waals surface area contributed by atoms with Gasteiger partial charge in [0.2, 0.25) is 0 Å². The van der Waals surface area contributed by atoms with Gasteiger partial charge in [0, 0.05) is 17.0 Å². The standard InChI is InChI=1S/C14H15BrO2/c1-10(8-16)9-17-14-5-3-11-6-13(15)4-2-12(11)7-14/h2-7,10,16H,8-9H2,1H3. The molecule has 0 saturated carbocycles. The molecule has 0 aromatic heterocycles. The van der Waals surface area contributed by atoms with Gasteiger partial charge in [0.05, 0.1) is 6.61 Å². The van der Waals surface area contributed by atoms with Crippen LogP contribution in [0.4, 0.5) is 0 Å². The first kappa shape index (κ1) is 12.4. The zero-order chi connectivity index (χ0) is 12.3. The van der Waals surface area contributed by atoms with Crippen molar-refractivity contribution in [2.75, 3.05) is 13.2 Å². The van der Waals surface area contributed by atoms with Crippen LogP contribution in [0.2, 0.25) is 0 Å². The monoisotopic (exact) mass is 294 g/mol. The summed E-state index contributed by atoms with van der Waals surface area (Å²) in [7, 11) is 0. The minimum Gasteiger partial charge on any atom is -0.493 e. The second kappa shape index (κ2) is 5.52. The Bertz CT molecular complexity index is 511. The summed E-state index contributed by atoms with van der Waals surface area (Å²) in [5, 5.41) is 11.3. The number of benzene rings is 2. The minimum absolute atomic E-state index is 0.153. The second-order valence-electron chi connectivity index (χ2n) is 4.25. The number of fused-ring (bicyclic) bond motifs is 1. The van der Waals surface area contributed by atoms with Crippen LogP contribution in [0.25, 0.3) is 10.8 Å². The third kappa shape index (κ3) is 3.20. The highest BCUT2D eigenvalue weighted by Gasteiger charge is 2.02. The topological polar surface area (TPSA) is 29.5 Å². The maximum atomic E-state index is 8.93. The van der Waals surface area contributed by atoms with Gasteiger partial charge in [-0.25, -0.2) is 0 Å². The van der Waals surface area contributed by atoms with Gasteiger partial charge in [-0.05, 0) is 35.0 Å². The normalized spacial score (nSPS) is 12.6. The highest BCUT2D eigenvalue weighted by molar-refractivity contribution is 9.10. The van der Waals surface area contributed by atoms with Gasteiger partial charge < -0.3 is 9.84 Å². The molecule has 0 amide bonds. The predicted molar refractivity (Wildman–Crippen MR) is 73.4 cm³/mol. The van der Waals surface area contributed by atoms with Gasteiger partial charge in [0.1, 0.15) is 5.75 Å². The molecule has 1 N–H and O–H groups in total. The average Bonchev–Trinajstić information content (AvgIpc) is 2.35. The molecule has 0 aliphatic rings. The minimum atomic E-state index is 0.153. The molecular weight excluding hydrogens is 280 g/mol. The molecule has 0 aliphatic carbocycles. The molecule has 0 fully saturated rings. The summed E-state index contributed by atoms with van der Waals surface area (Å²) in [6.45, 7) is 2.65.